The maximum Gasteiger partial charge on any atom is 0.0734 e. The Hall–Kier alpha value is 0.250. The summed E-state index contributed by atoms with van der Waals surface area (Å²) in [5, 5.41) is 9.60. The number of fused-ring (bicyclic) bond motifs is 3. The molecule has 0 aromatic carbocycles. The molecule has 58 valence electrons. The van der Waals surface area contributed by atoms with Crippen molar-refractivity contribution in [3.05, 3.63) is 0 Å². The summed E-state index contributed by atoms with van der Waals surface area (Å²) in [5.74, 6) is 1.13. The largest absolute Gasteiger partial charge is 0.391 e. The highest BCUT2D eigenvalue weighted by atomic mass is 35.5. The van der Waals surface area contributed by atoms with Gasteiger partial charge >= 0.3 is 0 Å². The van der Waals surface area contributed by atoms with Crippen LogP contribution in [-0.2, 0) is 0 Å². The number of rotatable bonds is 0. The monoisotopic (exact) mass is 160 g/mol. The molecule has 0 aromatic heterocycles. The average molecular weight is 161 g/mol. The highest BCUT2D eigenvalue weighted by Crippen LogP contribution is 2.43. The molecule has 3 fully saturated rings. The Balaban J connectivity index is 2.13. The fourth-order valence-corrected chi connectivity index (χ4v) is 2.80. The van der Waals surface area contributed by atoms with Gasteiger partial charge in [0.2, 0.25) is 0 Å². The van der Waals surface area contributed by atoms with Gasteiger partial charge in [-0.15, -0.1) is 11.6 Å². The average Bonchev–Trinajstić information content (AvgIpc) is 2.00. The van der Waals surface area contributed by atoms with Gasteiger partial charge in [0.15, 0.2) is 0 Å². The van der Waals surface area contributed by atoms with Crippen molar-refractivity contribution < 1.29 is 5.11 Å². The third-order valence-electron chi connectivity index (χ3n) is 3.08. The highest BCUT2D eigenvalue weighted by Gasteiger charge is 2.41. The van der Waals surface area contributed by atoms with E-state index < -0.39 is 0 Å². The molecular formula is C8H13ClO. The Bertz CT molecular complexity index is 109. The van der Waals surface area contributed by atoms with Crippen LogP contribution in [0.5, 0.6) is 0 Å². The van der Waals surface area contributed by atoms with Crippen molar-refractivity contribution in [3.8, 4) is 0 Å². The van der Waals surface area contributed by atoms with E-state index in [0.29, 0.717) is 11.8 Å². The molecule has 0 aromatic rings. The Morgan fingerprint density at radius 3 is 1.80 bits per heavy atom. The van der Waals surface area contributed by atoms with E-state index in [9.17, 15) is 5.11 Å². The van der Waals surface area contributed by atoms with Crippen LogP contribution >= 0.6 is 11.6 Å². The summed E-state index contributed by atoms with van der Waals surface area (Å²) in [6, 6.07) is 0. The lowest BCUT2D eigenvalue weighted by Crippen LogP contribution is -2.44. The maximum atomic E-state index is 9.54. The highest BCUT2D eigenvalue weighted by molar-refractivity contribution is 6.21. The van der Waals surface area contributed by atoms with Gasteiger partial charge in [0.1, 0.15) is 0 Å². The molecule has 1 nitrogen and oxygen atoms in total. The molecule has 0 heterocycles. The number of hydrogen-bond donors (Lipinski definition) is 1. The normalized spacial score (nSPS) is 53.4. The van der Waals surface area contributed by atoms with Crippen LogP contribution in [-0.4, -0.2) is 16.6 Å². The molecule has 3 saturated carbocycles. The van der Waals surface area contributed by atoms with Gasteiger partial charge in [0.25, 0.3) is 0 Å². The van der Waals surface area contributed by atoms with Crippen molar-refractivity contribution in [3.63, 3.8) is 0 Å². The van der Waals surface area contributed by atoms with Crippen LogP contribution in [0.1, 0.15) is 25.7 Å². The minimum atomic E-state index is -0.200. The fourth-order valence-electron chi connectivity index (χ4n) is 2.34. The van der Waals surface area contributed by atoms with Crippen LogP contribution in [0.2, 0.25) is 0 Å². The number of alkyl halides is 1. The molecule has 2 atom stereocenters. The van der Waals surface area contributed by atoms with Crippen LogP contribution in [0.4, 0.5) is 0 Å². The van der Waals surface area contributed by atoms with Crippen LogP contribution in [0.3, 0.4) is 0 Å². The summed E-state index contributed by atoms with van der Waals surface area (Å²) in [6.45, 7) is 0. The summed E-state index contributed by atoms with van der Waals surface area (Å²) in [4.78, 5) is 0. The second kappa shape index (κ2) is 2.38. The zero-order valence-corrected chi connectivity index (χ0v) is 6.72. The zero-order chi connectivity index (χ0) is 7.14. The van der Waals surface area contributed by atoms with Crippen molar-refractivity contribution in [2.45, 2.75) is 37.2 Å². The molecule has 0 radical (unpaired) electrons. The zero-order valence-electron chi connectivity index (χ0n) is 5.96. The molecule has 3 aliphatic carbocycles. The van der Waals surface area contributed by atoms with E-state index in [1.54, 1.807) is 0 Å². The van der Waals surface area contributed by atoms with Crippen molar-refractivity contribution in [1.29, 1.82) is 0 Å². The summed E-state index contributed by atoms with van der Waals surface area (Å²) in [6.07, 6.45) is 4.70. The van der Waals surface area contributed by atoms with Gasteiger partial charge < -0.3 is 5.11 Å². The first-order valence-electron chi connectivity index (χ1n) is 4.11. The SMILES string of the molecule is OC1C2CCC(CC2)C1Cl. The minimum Gasteiger partial charge on any atom is -0.391 e. The van der Waals surface area contributed by atoms with E-state index in [-0.39, 0.29) is 11.5 Å². The van der Waals surface area contributed by atoms with Crippen molar-refractivity contribution in [2.24, 2.45) is 11.8 Å². The van der Waals surface area contributed by atoms with E-state index in [1.807, 2.05) is 0 Å². The van der Waals surface area contributed by atoms with Gasteiger partial charge in [-0.1, -0.05) is 0 Å². The summed E-state index contributed by atoms with van der Waals surface area (Å²) in [7, 11) is 0. The molecule has 3 aliphatic rings. The molecule has 3 rings (SSSR count). The standard InChI is InChI=1S/C8H13ClO/c9-7-5-1-3-6(4-2-5)8(7)10/h5-8,10H,1-4H2. The second-order valence-corrected chi connectivity index (χ2v) is 4.11. The Morgan fingerprint density at radius 2 is 1.50 bits per heavy atom. The molecule has 0 spiro atoms. The lowest BCUT2D eigenvalue weighted by molar-refractivity contribution is 0.00730. The van der Waals surface area contributed by atoms with E-state index >= 15 is 0 Å². The lowest BCUT2D eigenvalue weighted by atomic mass is 9.69. The molecule has 2 bridgehead atoms. The van der Waals surface area contributed by atoms with Gasteiger partial charge in [-0.25, -0.2) is 0 Å². The Kier molecular flexibility index (Phi) is 1.65. The van der Waals surface area contributed by atoms with Crippen LogP contribution in [0.25, 0.3) is 0 Å². The van der Waals surface area contributed by atoms with E-state index in [0.717, 1.165) is 0 Å². The molecule has 2 heteroatoms. The number of aliphatic hydroxyl groups is 1. The van der Waals surface area contributed by atoms with Crippen molar-refractivity contribution in [1.82, 2.24) is 0 Å². The number of aliphatic hydroxyl groups excluding tert-OH is 1. The molecule has 10 heavy (non-hydrogen) atoms. The summed E-state index contributed by atoms with van der Waals surface area (Å²) in [5.41, 5.74) is 0. The molecule has 0 saturated heterocycles. The first kappa shape index (κ1) is 6.93. The lowest BCUT2D eigenvalue weighted by Gasteiger charge is -2.43. The number of hydrogen-bond acceptors (Lipinski definition) is 1. The Morgan fingerprint density at radius 1 is 1.00 bits per heavy atom. The second-order valence-electron chi connectivity index (χ2n) is 3.61. The number of halogens is 1. The molecule has 2 unspecified atom stereocenters. The molecule has 0 aliphatic heterocycles. The minimum absolute atomic E-state index is 0.0625. The third-order valence-corrected chi connectivity index (χ3v) is 3.69. The predicted molar refractivity (Wildman–Crippen MR) is 41.1 cm³/mol. The summed E-state index contributed by atoms with van der Waals surface area (Å²) < 4.78 is 0. The van der Waals surface area contributed by atoms with Gasteiger partial charge in [-0.2, -0.15) is 0 Å². The molecule has 0 amide bonds. The van der Waals surface area contributed by atoms with Crippen LogP contribution in [0.15, 0.2) is 0 Å². The first-order chi connectivity index (χ1) is 4.79. The molecular weight excluding hydrogens is 148 g/mol. The smallest absolute Gasteiger partial charge is 0.0734 e. The van der Waals surface area contributed by atoms with Crippen LogP contribution < -0.4 is 0 Å². The van der Waals surface area contributed by atoms with E-state index in [4.69, 9.17) is 11.6 Å². The fraction of sp³-hybridized carbons (Fsp3) is 1.00. The van der Waals surface area contributed by atoms with E-state index in [2.05, 4.69) is 0 Å². The maximum absolute atomic E-state index is 9.54. The van der Waals surface area contributed by atoms with Gasteiger partial charge in [-0.3, -0.25) is 0 Å². The van der Waals surface area contributed by atoms with Crippen molar-refractivity contribution >= 4 is 11.6 Å². The molecule has 1 N–H and O–H groups in total. The van der Waals surface area contributed by atoms with Gasteiger partial charge in [0, 0.05) is 0 Å². The van der Waals surface area contributed by atoms with Gasteiger partial charge in [0.05, 0.1) is 11.5 Å². The van der Waals surface area contributed by atoms with Crippen LogP contribution in [0, 0.1) is 11.8 Å². The first-order valence-corrected chi connectivity index (χ1v) is 4.55. The van der Waals surface area contributed by atoms with Gasteiger partial charge in [-0.05, 0) is 37.5 Å². The topological polar surface area (TPSA) is 20.2 Å². The quantitative estimate of drug-likeness (QED) is 0.536. The third kappa shape index (κ3) is 0.876. The summed E-state index contributed by atoms with van der Waals surface area (Å²) >= 11 is 6.01. The van der Waals surface area contributed by atoms with E-state index in [1.165, 1.54) is 25.7 Å². The Labute approximate surface area is 66.4 Å². The predicted octanol–water partition coefficient (Wildman–Crippen LogP) is 1.77. The van der Waals surface area contributed by atoms with Crippen molar-refractivity contribution in [2.75, 3.05) is 0 Å².